The molecule has 4 fully saturated rings. The summed E-state index contributed by atoms with van der Waals surface area (Å²) < 4.78 is 5.48. The first-order chi connectivity index (χ1) is 16.2. The van der Waals surface area contributed by atoms with Crippen LogP contribution in [0.15, 0.2) is 36.7 Å². The Bertz CT molecular complexity index is 1010. The molecule has 0 N–H and O–H groups in total. The lowest BCUT2D eigenvalue weighted by molar-refractivity contribution is -0.0642. The van der Waals surface area contributed by atoms with Crippen molar-refractivity contribution < 1.29 is 9.53 Å². The van der Waals surface area contributed by atoms with Crippen molar-refractivity contribution in [2.45, 2.75) is 62.9 Å². The van der Waals surface area contributed by atoms with E-state index in [1.807, 2.05) is 6.07 Å². The molecule has 0 spiro atoms. The third-order valence-electron chi connectivity index (χ3n) is 8.35. The molecule has 4 heterocycles. The quantitative estimate of drug-likeness (QED) is 0.697. The van der Waals surface area contributed by atoms with Crippen molar-refractivity contribution in [2.75, 3.05) is 26.7 Å². The van der Waals surface area contributed by atoms with Crippen LogP contribution in [0.1, 0.15) is 66.2 Å². The molecule has 2 bridgehead atoms. The van der Waals surface area contributed by atoms with E-state index in [-0.39, 0.29) is 5.91 Å². The molecule has 174 valence electrons. The molecule has 1 saturated carbocycles. The molecule has 3 saturated heterocycles. The highest BCUT2D eigenvalue weighted by Gasteiger charge is 2.47. The fourth-order valence-corrected chi connectivity index (χ4v) is 6.58. The molecule has 6 nitrogen and oxygen atoms in total. The van der Waals surface area contributed by atoms with Gasteiger partial charge in [-0.05, 0) is 74.6 Å². The van der Waals surface area contributed by atoms with E-state index in [2.05, 4.69) is 38.0 Å². The van der Waals surface area contributed by atoms with E-state index >= 15 is 0 Å². The van der Waals surface area contributed by atoms with E-state index < -0.39 is 0 Å². The van der Waals surface area contributed by atoms with Crippen LogP contribution in [0, 0.1) is 11.8 Å². The molecule has 2 aromatic rings. The molecule has 1 aliphatic carbocycles. The number of hydrogen-bond acceptors (Lipinski definition) is 5. The summed E-state index contributed by atoms with van der Waals surface area (Å²) in [5.41, 5.74) is 1.97. The van der Waals surface area contributed by atoms with Gasteiger partial charge in [-0.1, -0.05) is 18.6 Å². The zero-order chi connectivity index (χ0) is 22.4. The normalized spacial score (nSPS) is 29.4. The number of carbonyl (C=O) groups is 1. The van der Waals surface area contributed by atoms with E-state index in [9.17, 15) is 4.79 Å². The van der Waals surface area contributed by atoms with Gasteiger partial charge in [0.15, 0.2) is 0 Å². The average Bonchev–Trinajstić information content (AvgIpc) is 3.72. The molecule has 3 aliphatic heterocycles. The van der Waals surface area contributed by atoms with Gasteiger partial charge in [-0.2, -0.15) is 0 Å². The van der Waals surface area contributed by atoms with Crippen molar-refractivity contribution >= 4 is 5.91 Å². The van der Waals surface area contributed by atoms with Gasteiger partial charge in [0, 0.05) is 43.5 Å². The average molecular weight is 447 g/mol. The Morgan fingerprint density at radius 2 is 1.91 bits per heavy atom. The maximum Gasteiger partial charge on any atom is 0.257 e. The van der Waals surface area contributed by atoms with Crippen LogP contribution in [-0.4, -0.2) is 64.5 Å². The Hall–Kier alpha value is -2.47. The number of nitrogens with zero attached hydrogens (tertiary/aromatic N) is 4. The van der Waals surface area contributed by atoms with Crippen LogP contribution in [-0.2, 0) is 6.42 Å². The van der Waals surface area contributed by atoms with E-state index in [1.165, 1.54) is 50.6 Å². The molecule has 1 aromatic carbocycles. The van der Waals surface area contributed by atoms with Crippen molar-refractivity contribution in [3.8, 4) is 5.75 Å². The summed E-state index contributed by atoms with van der Waals surface area (Å²) in [7, 11) is 1.73. The molecule has 1 amide bonds. The highest BCUT2D eigenvalue weighted by atomic mass is 16.5. The predicted molar refractivity (Wildman–Crippen MR) is 126 cm³/mol. The van der Waals surface area contributed by atoms with Gasteiger partial charge in [-0.25, -0.2) is 9.97 Å². The number of fused-ring (bicyclic) bond motifs is 4. The molecule has 0 unspecified atom stereocenters. The number of aromatic nitrogens is 2. The zero-order valence-corrected chi connectivity index (χ0v) is 19.5. The summed E-state index contributed by atoms with van der Waals surface area (Å²) in [6.45, 7) is 2.89. The summed E-state index contributed by atoms with van der Waals surface area (Å²) in [6, 6.07) is 9.57. The first-order valence-electron chi connectivity index (χ1n) is 12.7. The Balaban J connectivity index is 1.23. The number of benzene rings is 1. The first-order valence-corrected chi connectivity index (χ1v) is 12.7. The van der Waals surface area contributed by atoms with E-state index in [1.54, 1.807) is 19.5 Å². The van der Waals surface area contributed by atoms with Gasteiger partial charge in [-0.3, -0.25) is 9.69 Å². The Kier molecular flexibility index (Phi) is 5.57. The lowest BCUT2D eigenvalue weighted by Crippen LogP contribution is -2.64. The van der Waals surface area contributed by atoms with Crippen LogP contribution >= 0.6 is 0 Å². The fraction of sp³-hybridized carbons (Fsp3) is 0.593. The van der Waals surface area contributed by atoms with Crippen LogP contribution in [0.25, 0.3) is 0 Å². The Labute approximate surface area is 196 Å². The molecule has 6 rings (SSSR count). The number of likely N-dealkylation sites (tertiary alicyclic amines) is 1. The fourth-order valence-electron chi connectivity index (χ4n) is 6.58. The van der Waals surface area contributed by atoms with Gasteiger partial charge in [0.25, 0.3) is 5.91 Å². The third kappa shape index (κ3) is 4.14. The lowest BCUT2D eigenvalue weighted by Gasteiger charge is -2.57. The minimum Gasteiger partial charge on any atom is -0.497 e. The zero-order valence-electron chi connectivity index (χ0n) is 19.5. The summed E-state index contributed by atoms with van der Waals surface area (Å²) in [5.74, 6) is 3.51. The molecule has 6 heteroatoms. The monoisotopic (exact) mass is 446 g/mol. The second-order valence-electron chi connectivity index (χ2n) is 10.5. The van der Waals surface area contributed by atoms with Crippen LogP contribution < -0.4 is 4.74 Å². The van der Waals surface area contributed by atoms with Crippen molar-refractivity contribution in [1.29, 1.82) is 0 Å². The number of rotatable bonds is 5. The van der Waals surface area contributed by atoms with Crippen LogP contribution in [0.4, 0.5) is 0 Å². The minimum atomic E-state index is 0.108. The van der Waals surface area contributed by atoms with Gasteiger partial charge in [0.2, 0.25) is 0 Å². The standard InChI is InChI=1S/C27H34N4O2/c1-33-23-6-4-5-18(11-23)12-25-21-13-20(24-7-2-3-10-31(24)25)16-30(17-21)27(32)22-14-28-26(29-15-22)19-8-9-19/h4-6,11,14-15,19-21,24-25H,2-3,7-10,12-13,16-17H2,1H3/t20-,21+,24+,25+/m1/s1. The maximum atomic E-state index is 13.5. The van der Waals surface area contributed by atoms with Crippen LogP contribution in [0.3, 0.4) is 0 Å². The number of hydrogen-bond donors (Lipinski definition) is 0. The second-order valence-corrected chi connectivity index (χ2v) is 10.5. The highest BCUT2D eigenvalue weighted by Crippen LogP contribution is 2.42. The smallest absolute Gasteiger partial charge is 0.257 e. The van der Waals surface area contributed by atoms with Crippen molar-refractivity contribution in [3.05, 3.63) is 53.6 Å². The van der Waals surface area contributed by atoms with Crippen molar-refractivity contribution in [3.63, 3.8) is 0 Å². The number of ether oxygens (including phenoxy) is 1. The summed E-state index contributed by atoms with van der Waals surface area (Å²) in [6.07, 6.45) is 12.0. The van der Waals surface area contributed by atoms with Gasteiger partial charge < -0.3 is 9.64 Å². The summed E-state index contributed by atoms with van der Waals surface area (Å²) >= 11 is 0. The number of piperidine rings is 3. The number of methoxy groups -OCH3 is 1. The molecular weight excluding hydrogens is 412 g/mol. The highest BCUT2D eigenvalue weighted by molar-refractivity contribution is 5.93. The number of carbonyl (C=O) groups excluding carboxylic acids is 1. The summed E-state index contributed by atoms with van der Waals surface area (Å²) in [5, 5.41) is 0. The molecule has 4 aliphatic rings. The van der Waals surface area contributed by atoms with Crippen LogP contribution in [0.5, 0.6) is 5.75 Å². The minimum absolute atomic E-state index is 0.108. The second kappa shape index (κ2) is 8.71. The summed E-state index contributed by atoms with van der Waals surface area (Å²) in [4.78, 5) is 27.4. The molecular formula is C27H34N4O2. The third-order valence-corrected chi connectivity index (χ3v) is 8.35. The van der Waals surface area contributed by atoms with Gasteiger partial charge >= 0.3 is 0 Å². The van der Waals surface area contributed by atoms with E-state index in [0.717, 1.165) is 31.1 Å². The molecule has 1 aromatic heterocycles. The van der Waals surface area contributed by atoms with Crippen LogP contribution in [0.2, 0.25) is 0 Å². The Morgan fingerprint density at radius 1 is 1.09 bits per heavy atom. The SMILES string of the molecule is COc1cccc(C[C@H]2[C@H]3C[C@H](CN(C(=O)c4cnc(C5CC5)nc4)C3)[C@@H]3CCCCN32)c1. The molecule has 0 radical (unpaired) electrons. The Morgan fingerprint density at radius 3 is 2.70 bits per heavy atom. The maximum absolute atomic E-state index is 13.5. The van der Waals surface area contributed by atoms with E-state index in [4.69, 9.17) is 4.74 Å². The molecule has 4 atom stereocenters. The van der Waals surface area contributed by atoms with Crippen molar-refractivity contribution in [2.24, 2.45) is 11.8 Å². The predicted octanol–water partition coefficient (Wildman–Crippen LogP) is 3.92. The van der Waals surface area contributed by atoms with Gasteiger partial charge in [0.05, 0.1) is 12.7 Å². The largest absolute Gasteiger partial charge is 0.497 e. The number of amides is 1. The topological polar surface area (TPSA) is 58.6 Å². The molecule has 33 heavy (non-hydrogen) atoms. The lowest BCUT2D eigenvalue weighted by atomic mass is 9.71. The van der Waals surface area contributed by atoms with Crippen molar-refractivity contribution in [1.82, 2.24) is 19.8 Å². The van der Waals surface area contributed by atoms with E-state index in [0.29, 0.717) is 35.4 Å². The van der Waals surface area contributed by atoms with Gasteiger partial charge in [0.1, 0.15) is 11.6 Å². The van der Waals surface area contributed by atoms with Gasteiger partial charge in [-0.15, -0.1) is 0 Å². The first kappa shape index (κ1) is 21.1.